The molecule has 0 aliphatic carbocycles. The van der Waals surface area contributed by atoms with Gasteiger partial charge in [0.05, 0.1) is 0 Å². The Labute approximate surface area is 97.5 Å². The fourth-order valence-electron chi connectivity index (χ4n) is 2.66. The van der Waals surface area contributed by atoms with E-state index in [0.29, 0.717) is 0 Å². The lowest BCUT2D eigenvalue weighted by atomic mass is 9.83. The van der Waals surface area contributed by atoms with Crippen molar-refractivity contribution in [3.05, 3.63) is 11.6 Å². The Morgan fingerprint density at radius 2 is 2.19 bits per heavy atom. The molecule has 4 heteroatoms. The van der Waals surface area contributed by atoms with Crippen LogP contribution in [0.3, 0.4) is 0 Å². The Balaban J connectivity index is 2.37. The summed E-state index contributed by atoms with van der Waals surface area (Å²) < 4.78 is 2.30. The topological polar surface area (TPSA) is 42.7 Å². The highest BCUT2D eigenvalue weighted by atomic mass is 15.3. The zero-order valence-electron chi connectivity index (χ0n) is 10.6. The van der Waals surface area contributed by atoms with Gasteiger partial charge in [-0.15, -0.1) is 10.2 Å². The van der Waals surface area contributed by atoms with Crippen LogP contribution in [0.1, 0.15) is 44.8 Å². The quantitative estimate of drug-likeness (QED) is 0.842. The summed E-state index contributed by atoms with van der Waals surface area (Å²) in [6.45, 7) is 9.70. The fourth-order valence-corrected chi connectivity index (χ4v) is 2.66. The average Bonchev–Trinajstić information content (AvgIpc) is 2.88. The van der Waals surface area contributed by atoms with Gasteiger partial charge in [0.2, 0.25) is 0 Å². The van der Waals surface area contributed by atoms with E-state index in [1.165, 1.54) is 12.2 Å². The van der Waals surface area contributed by atoms with Gasteiger partial charge < -0.3 is 9.88 Å². The van der Waals surface area contributed by atoms with Crippen molar-refractivity contribution in [2.24, 2.45) is 0 Å². The van der Waals surface area contributed by atoms with Crippen LogP contribution in [0.25, 0.3) is 0 Å². The van der Waals surface area contributed by atoms with E-state index in [4.69, 9.17) is 0 Å². The molecule has 2 rings (SSSR count). The number of hydrogen-bond donors (Lipinski definition) is 1. The van der Waals surface area contributed by atoms with Gasteiger partial charge in [-0.1, -0.05) is 13.8 Å². The Morgan fingerprint density at radius 3 is 2.75 bits per heavy atom. The summed E-state index contributed by atoms with van der Waals surface area (Å²) in [5.41, 5.74) is 0.219. The molecule has 1 fully saturated rings. The lowest BCUT2D eigenvalue weighted by Gasteiger charge is -2.26. The lowest BCUT2D eigenvalue weighted by Crippen LogP contribution is -2.32. The van der Waals surface area contributed by atoms with Gasteiger partial charge in [0.15, 0.2) is 0 Å². The van der Waals surface area contributed by atoms with Crippen LogP contribution in [-0.2, 0) is 12.0 Å². The molecule has 1 N–H and O–H groups in total. The third-order valence-electron chi connectivity index (χ3n) is 3.78. The summed E-state index contributed by atoms with van der Waals surface area (Å²) >= 11 is 0. The summed E-state index contributed by atoms with van der Waals surface area (Å²) in [7, 11) is 0. The molecule has 1 aromatic heterocycles. The molecule has 0 bridgehead atoms. The molecule has 16 heavy (non-hydrogen) atoms. The van der Waals surface area contributed by atoms with Gasteiger partial charge in [0, 0.05) is 18.5 Å². The van der Waals surface area contributed by atoms with E-state index in [0.717, 1.165) is 38.3 Å². The molecule has 0 amide bonds. The highest BCUT2D eigenvalue weighted by Crippen LogP contribution is 2.33. The number of aryl methyl sites for hydroxylation is 1. The molecule has 1 aromatic rings. The molecule has 1 saturated heterocycles. The van der Waals surface area contributed by atoms with Crippen LogP contribution in [-0.4, -0.2) is 27.9 Å². The first-order chi connectivity index (χ1) is 7.73. The van der Waals surface area contributed by atoms with Crippen molar-refractivity contribution in [2.45, 2.75) is 52.0 Å². The van der Waals surface area contributed by atoms with Crippen molar-refractivity contribution in [1.82, 2.24) is 20.1 Å². The smallest absolute Gasteiger partial charge is 0.140 e. The van der Waals surface area contributed by atoms with Gasteiger partial charge in [-0.05, 0) is 32.7 Å². The van der Waals surface area contributed by atoms with E-state index >= 15 is 0 Å². The number of hydrogen-bond acceptors (Lipinski definition) is 3. The van der Waals surface area contributed by atoms with Crippen LogP contribution < -0.4 is 5.32 Å². The predicted octanol–water partition coefficient (Wildman–Crippen LogP) is 1.64. The van der Waals surface area contributed by atoms with Gasteiger partial charge in [-0.25, -0.2) is 0 Å². The van der Waals surface area contributed by atoms with Gasteiger partial charge >= 0.3 is 0 Å². The van der Waals surface area contributed by atoms with E-state index in [2.05, 4.69) is 40.9 Å². The first-order valence-corrected chi connectivity index (χ1v) is 6.34. The fraction of sp³-hybridized carbons (Fsp3) is 0.833. The number of nitrogens with zero attached hydrogens (tertiary/aromatic N) is 3. The molecular weight excluding hydrogens is 200 g/mol. The van der Waals surface area contributed by atoms with Crippen molar-refractivity contribution in [3.8, 4) is 0 Å². The summed E-state index contributed by atoms with van der Waals surface area (Å²) in [6, 6.07) is 0. The second-order valence-electron chi connectivity index (χ2n) is 4.78. The Bertz CT molecular complexity index is 350. The molecule has 1 unspecified atom stereocenters. The number of aromatic nitrogens is 3. The van der Waals surface area contributed by atoms with E-state index in [9.17, 15) is 0 Å². The van der Waals surface area contributed by atoms with Crippen molar-refractivity contribution in [2.75, 3.05) is 13.1 Å². The Hall–Kier alpha value is -0.900. The number of rotatable bonds is 4. The van der Waals surface area contributed by atoms with Crippen molar-refractivity contribution in [1.29, 1.82) is 0 Å². The molecule has 2 heterocycles. The molecule has 0 radical (unpaired) electrons. The van der Waals surface area contributed by atoms with E-state index < -0.39 is 0 Å². The molecular formula is C12H22N4. The first-order valence-electron chi connectivity index (χ1n) is 6.34. The molecule has 0 saturated carbocycles. The highest BCUT2D eigenvalue weighted by Gasteiger charge is 2.38. The molecule has 1 aliphatic rings. The molecule has 0 spiro atoms. The zero-order chi connectivity index (χ0) is 11.6. The second-order valence-corrected chi connectivity index (χ2v) is 4.78. The van der Waals surface area contributed by atoms with Crippen LogP contribution in [0.15, 0.2) is 0 Å². The minimum Gasteiger partial charge on any atom is -0.316 e. The van der Waals surface area contributed by atoms with E-state index in [-0.39, 0.29) is 5.41 Å². The van der Waals surface area contributed by atoms with Crippen LogP contribution in [0, 0.1) is 6.92 Å². The molecule has 4 nitrogen and oxygen atoms in total. The molecule has 1 atom stereocenters. The highest BCUT2D eigenvalue weighted by molar-refractivity contribution is 5.14. The molecule has 90 valence electrons. The maximum absolute atomic E-state index is 4.43. The predicted molar refractivity (Wildman–Crippen MR) is 64.5 cm³/mol. The van der Waals surface area contributed by atoms with Crippen molar-refractivity contribution in [3.63, 3.8) is 0 Å². The van der Waals surface area contributed by atoms with Crippen molar-refractivity contribution >= 4 is 0 Å². The summed E-state index contributed by atoms with van der Waals surface area (Å²) in [5.74, 6) is 2.25. The first kappa shape index (κ1) is 11.6. The van der Waals surface area contributed by atoms with Crippen LogP contribution in [0.2, 0.25) is 0 Å². The third kappa shape index (κ3) is 1.75. The normalized spacial score (nSPS) is 25.2. The minimum absolute atomic E-state index is 0.219. The number of nitrogens with one attached hydrogen (secondary N) is 1. The van der Waals surface area contributed by atoms with Crippen LogP contribution >= 0.6 is 0 Å². The van der Waals surface area contributed by atoms with Crippen molar-refractivity contribution < 1.29 is 0 Å². The van der Waals surface area contributed by atoms with Crippen LogP contribution in [0.4, 0.5) is 0 Å². The Kier molecular flexibility index (Phi) is 3.28. The van der Waals surface area contributed by atoms with Gasteiger partial charge in [-0.3, -0.25) is 0 Å². The summed E-state index contributed by atoms with van der Waals surface area (Å²) in [5, 5.41) is 12.2. The van der Waals surface area contributed by atoms with Gasteiger partial charge in [0.1, 0.15) is 11.6 Å². The summed E-state index contributed by atoms with van der Waals surface area (Å²) in [4.78, 5) is 0. The second kappa shape index (κ2) is 4.53. The maximum Gasteiger partial charge on any atom is 0.140 e. The zero-order valence-corrected chi connectivity index (χ0v) is 10.6. The molecule has 0 aromatic carbocycles. The molecule has 1 aliphatic heterocycles. The van der Waals surface area contributed by atoms with E-state index in [1.807, 2.05) is 0 Å². The Morgan fingerprint density at radius 1 is 1.38 bits per heavy atom. The maximum atomic E-state index is 4.43. The lowest BCUT2D eigenvalue weighted by molar-refractivity contribution is 0.399. The SMILES string of the molecule is CCCn1c(C)nnc1C1(CC)CCNC1. The third-order valence-corrected chi connectivity index (χ3v) is 3.78. The average molecular weight is 222 g/mol. The summed E-state index contributed by atoms with van der Waals surface area (Å²) in [6.07, 6.45) is 3.46. The largest absolute Gasteiger partial charge is 0.316 e. The standard InChI is InChI=1S/C12H22N4/c1-4-8-16-10(3)14-15-11(16)12(5-2)6-7-13-9-12/h13H,4-9H2,1-3H3. The minimum atomic E-state index is 0.219. The monoisotopic (exact) mass is 222 g/mol. The van der Waals surface area contributed by atoms with E-state index in [1.54, 1.807) is 0 Å². The van der Waals surface area contributed by atoms with Gasteiger partial charge in [0.25, 0.3) is 0 Å². The van der Waals surface area contributed by atoms with Crippen LogP contribution in [0.5, 0.6) is 0 Å². The van der Waals surface area contributed by atoms with Gasteiger partial charge in [-0.2, -0.15) is 0 Å².